The number of carbonyl (C=O) groups is 1. The zero-order valence-electron chi connectivity index (χ0n) is 8.12. The summed E-state index contributed by atoms with van der Waals surface area (Å²) in [6, 6.07) is 0.526. The van der Waals surface area contributed by atoms with Crippen LogP contribution in [0.15, 0.2) is 0 Å². The van der Waals surface area contributed by atoms with Crippen molar-refractivity contribution in [2.75, 3.05) is 13.6 Å². The smallest absolute Gasteiger partial charge is 0.309 e. The van der Waals surface area contributed by atoms with E-state index in [4.69, 9.17) is 5.11 Å². The molecule has 3 nitrogen and oxygen atoms in total. The van der Waals surface area contributed by atoms with Crippen molar-refractivity contribution in [2.45, 2.75) is 38.1 Å². The highest BCUT2D eigenvalue weighted by Crippen LogP contribution is 2.51. The maximum absolute atomic E-state index is 11.0. The van der Waals surface area contributed by atoms with Gasteiger partial charge in [0.1, 0.15) is 0 Å². The predicted molar refractivity (Wildman–Crippen MR) is 49.6 cm³/mol. The van der Waals surface area contributed by atoms with E-state index in [0.717, 1.165) is 25.8 Å². The second-order valence-corrected chi connectivity index (χ2v) is 4.57. The minimum atomic E-state index is -0.576. The van der Waals surface area contributed by atoms with E-state index in [0.29, 0.717) is 6.04 Å². The lowest BCUT2D eigenvalue weighted by molar-refractivity contribution is -0.144. The normalized spacial score (nSPS) is 31.9. The molecule has 3 heteroatoms. The second-order valence-electron chi connectivity index (χ2n) is 4.57. The van der Waals surface area contributed by atoms with Crippen LogP contribution >= 0.6 is 0 Å². The number of carboxylic acids is 1. The van der Waals surface area contributed by atoms with Crippen LogP contribution in [-0.2, 0) is 4.79 Å². The van der Waals surface area contributed by atoms with E-state index in [9.17, 15) is 4.79 Å². The minimum absolute atomic E-state index is 0.330. The van der Waals surface area contributed by atoms with Crippen molar-refractivity contribution in [2.24, 2.45) is 5.41 Å². The van der Waals surface area contributed by atoms with Crippen molar-refractivity contribution in [3.63, 3.8) is 0 Å². The fourth-order valence-electron chi connectivity index (χ4n) is 2.34. The molecule has 1 saturated heterocycles. The summed E-state index contributed by atoms with van der Waals surface area (Å²) in [4.78, 5) is 13.3. The quantitative estimate of drug-likeness (QED) is 0.717. The molecule has 2 rings (SSSR count). The lowest BCUT2D eigenvalue weighted by Crippen LogP contribution is -2.30. The van der Waals surface area contributed by atoms with Crippen LogP contribution in [0, 0.1) is 5.41 Å². The van der Waals surface area contributed by atoms with Gasteiger partial charge in [0, 0.05) is 6.04 Å². The Morgan fingerprint density at radius 2 is 2.31 bits per heavy atom. The maximum atomic E-state index is 11.0. The Kier molecular flexibility index (Phi) is 2.06. The molecule has 1 aliphatic carbocycles. The number of rotatable bonds is 3. The van der Waals surface area contributed by atoms with E-state index in [1.165, 1.54) is 12.8 Å². The summed E-state index contributed by atoms with van der Waals surface area (Å²) in [5, 5.41) is 9.03. The Hall–Kier alpha value is -0.570. The van der Waals surface area contributed by atoms with Gasteiger partial charge in [0.15, 0.2) is 0 Å². The van der Waals surface area contributed by atoms with Crippen molar-refractivity contribution in [1.82, 2.24) is 4.90 Å². The average molecular weight is 183 g/mol. The minimum Gasteiger partial charge on any atom is -0.481 e. The maximum Gasteiger partial charge on any atom is 0.309 e. The van der Waals surface area contributed by atoms with Gasteiger partial charge in [-0.3, -0.25) is 4.79 Å². The largest absolute Gasteiger partial charge is 0.481 e. The van der Waals surface area contributed by atoms with Gasteiger partial charge >= 0.3 is 5.97 Å². The second kappa shape index (κ2) is 2.98. The zero-order valence-corrected chi connectivity index (χ0v) is 8.12. The number of aliphatic carboxylic acids is 1. The van der Waals surface area contributed by atoms with Crippen molar-refractivity contribution >= 4 is 5.97 Å². The molecule has 2 fully saturated rings. The van der Waals surface area contributed by atoms with Crippen LogP contribution in [0.2, 0.25) is 0 Å². The fourth-order valence-corrected chi connectivity index (χ4v) is 2.34. The summed E-state index contributed by atoms with van der Waals surface area (Å²) in [6.07, 6.45) is 5.08. The highest BCUT2D eigenvalue weighted by Gasteiger charge is 2.51. The molecule has 1 unspecified atom stereocenters. The number of hydrogen-bond donors (Lipinski definition) is 1. The molecule has 74 valence electrons. The third-order valence-electron chi connectivity index (χ3n) is 3.61. The van der Waals surface area contributed by atoms with Gasteiger partial charge in [-0.1, -0.05) is 0 Å². The Morgan fingerprint density at radius 3 is 2.69 bits per heavy atom. The lowest BCUT2D eigenvalue weighted by Gasteiger charge is -2.22. The van der Waals surface area contributed by atoms with Crippen LogP contribution in [0.5, 0.6) is 0 Å². The third kappa shape index (κ3) is 1.57. The third-order valence-corrected chi connectivity index (χ3v) is 3.61. The van der Waals surface area contributed by atoms with Crippen LogP contribution in [0.3, 0.4) is 0 Å². The standard InChI is InChI=1S/C10H17NO2/c1-11-6-2-3-8(11)7-10(4-5-10)9(12)13/h8H,2-7H2,1H3,(H,12,13). The van der Waals surface area contributed by atoms with Crippen LogP contribution < -0.4 is 0 Å². The molecule has 1 N–H and O–H groups in total. The molecular formula is C10H17NO2. The molecule has 13 heavy (non-hydrogen) atoms. The molecule has 0 radical (unpaired) electrons. The summed E-state index contributed by atoms with van der Waals surface area (Å²) in [7, 11) is 2.11. The van der Waals surface area contributed by atoms with Gasteiger partial charge in [-0.25, -0.2) is 0 Å². The summed E-state index contributed by atoms with van der Waals surface area (Å²) in [5.74, 6) is -0.576. The van der Waals surface area contributed by atoms with E-state index < -0.39 is 5.97 Å². The lowest BCUT2D eigenvalue weighted by atomic mass is 9.96. The molecule has 0 amide bonds. The SMILES string of the molecule is CN1CCCC1CC1(C(=O)O)CC1. The van der Waals surface area contributed by atoms with Gasteiger partial charge in [0.2, 0.25) is 0 Å². The fraction of sp³-hybridized carbons (Fsp3) is 0.900. The van der Waals surface area contributed by atoms with Crippen LogP contribution in [-0.4, -0.2) is 35.6 Å². The van der Waals surface area contributed by atoms with Gasteiger partial charge in [0.05, 0.1) is 5.41 Å². The van der Waals surface area contributed by atoms with Crippen LogP contribution in [0.1, 0.15) is 32.1 Å². The first-order chi connectivity index (χ1) is 6.14. The average Bonchev–Trinajstić information content (AvgIpc) is 2.74. The van der Waals surface area contributed by atoms with Gasteiger partial charge in [-0.05, 0) is 45.7 Å². The molecule has 2 aliphatic rings. The summed E-state index contributed by atoms with van der Waals surface area (Å²) in [6.45, 7) is 1.14. The highest BCUT2D eigenvalue weighted by molar-refractivity contribution is 5.77. The summed E-state index contributed by atoms with van der Waals surface area (Å²) < 4.78 is 0. The van der Waals surface area contributed by atoms with Gasteiger partial charge < -0.3 is 10.0 Å². The Labute approximate surface area is 78.7 Å². The molecule has 1 heterocycles. The summed E-state index contributed by atoms with van der Waals surface area (Å²) in [5.41, 5.74) is -0.330. The molecule has 1 atom stereocenters. The molecule has 0 spiro atoms. The van der Waals surface area contributed by atoms with Crippen molar-refractivity contribution in [1.29, 1.82) is 0 Å². The summed E-state index contributed by atoms with van der Waals surface area (Å²) >= 11 is 0. The Bertz CT molecular complexity index is 223. The van der Waals surface area contributed by atoms with Crippen molar-refractivity contribution < 1.29 is 9.90 Å². The molecule has 0 aromatic carbocycles. The molecular weight excluding hydrogens is 166 g/mol. The molecule has 1 saturated carbocycles. The Morgan fingerprint density at radius 1 is 1.62 bits per heavy atom. The first-order valence-corrected chi connectivity index (χ1v) is 5.08. The predicted octanol–water partition coefficient (Wildman–Crippen LogP) is 1.34. The van der Waals surface area contributed by atoms with Gasteiger partial charge in [-0.15, -0.1) is 0 Å². The van der Waals surface area contributed by atoms with Gasteiger partial charge in [0.25, 0.3) is 0 Å². The number of carboxylic acid groups (broad SMARTS) is 1. The van der Waals surface area contributed by atoms with Crippen molar-refractivity contribution in [3.05, 3.63) is 0 Å². The van der Waals surface area contributed by atoms with E-state index in [1.54, 1.807) is 0 Å². The topological polar surface area (TPSA) is 40.5 Å². The number of hydrogen-bond acceptors (Lipinski definition) is 2. The first-order valence-electron chi connectivity index (χ1n) is 5.08. The highest BCUT2D eigenvalue weighted by atomic mass is 16.4. The molecule has 1 aliphatic heterocycles. The van der Waals surface area contributed by atoms with E-state index >= 15 is 0 Å². The zero-order chi connectivity index (χ0) is 9.47. The molecule has 0 aromatic heterocycles. The van der Waals surface area contributed by atoms with E-state index in [1.807, 2.05) is 0 Å². The first kappa shape index (κ1) is 9.00. The van der Waals surface area contributed by atoms with Gasteiger partial charge in [-0.2, -0.15) is 0 Å². The monoisotopic (exact) mass is 183 g/mol. The molecule has 0 aromatic rings. The van der Waals surface area contributed by atoms with Crippen molar-refractivity contribution in [3.8, 4) is 0 Å². The number of nitrogens with zero attached hydrogens (tertiary/aromatic N) is 1. The van der Waals surface area contributed by atoms with Crippen LogP contribution in [0.25, 0.3) is 0 Å². The molecule has 0 bridgehead atoms. The van der Waals surface area contributed by atoms with E-state index in [-0.39, 0.29) is 5.41 Å². The van der Waals surface area contributed by atoms with E-state index in [2.05, 4.69) is 11.9 Å². The Balaban J connectivity index is 1.94. The van der Waals surface area contributed by atoms with Crippen LogP contribution in [0.4, 0.5) is 0 Å². The number of likely N-dealkylation sites (tertiary alicyclic amines) is 1.